The maximum atomic E-state index is 11.8. The summed E-state index contributed by atoms with van der Waals surface area (Å²) in [6, 6.07) is 7.10. The summed E-state index contributed by atoms with van der Waals surface area (Å²) < 4.78 is 0. The van der Waals surface area contributed by atoms with E-state index in [0.717, 1.165) is 5.69 Å². The van der Waals surface area contributed by atoms with E-state index in [1.54, 1.807) is 17.6 Å². The van der Waals surface area contributed by atoms with Gasteiger partial charge in [-0.25, -0.2) is 4.98 Å². The fourth-order valence-electron chi connectivity index (χ4n) is 1.34. The normalized spacial score (nSPS) is 9.50. The van der Waals surface area contributed by atoms with E-state index in [1.165, 1.54) is 11.3 Å². The Morgan fingerprint density at radius 1 is 1.38 bits per heavy atom. The first-order valence-electron chi connectivity index (χ1n) is 4.52. The van der Waals surface area contributed by atoms with Crippen molar-refractivity contribution in [1.29, 1.82) is 0 Å². The van der Waals surface area contributed by atoms with E-state index in [9.17, 15) is 4.79 Å². The highest BCUT2D eigenvalue weighted by Gasteiger charge is 2.10. The molecule has 84 valence electrons. The fraction of sp³-hybridized carbons (Fsp3) is 0.0909. The van der Waals surface area contributed by atoms with Gasteiger partial charge in [0.25, 0.3) is 0 Å². The number of hydrogen-bond donors (Lipinski definition) is 1. The number of nitrogen functional groups attached to an aromatic ring is 1. The molecule has 0 aliphatic heterocycles. The average Bonchev–Trinajstić information content (AvgIpc) is 2.71. The molecule has 0 amide bonds. The first-order chi connectivity index (χ1) is 7.27. The number of nitrogens with two attached hydrogens (primary N) is 1. The summed E-state index contributed by atoms with van der Waals surface area (Å²) >= 11 is 1.49. The summed E-state index contributed by atoms with van der Waals surface area (Å²) in [5, 5.41) is 1.87. The molecule has 1 aromatic carbocycles. The van der Waals surface area contributed by atoms with Gasteiger partial charge in [0, 0.05) is 16.6 Å². The fourth-order valence-corrected chi connectivity index (χ4v) is 1.89. The molecular formula is C11H11BrN2OS. The molecule has 16 heavy (non-hydrogen) atoms. The van der Waals surface area contributed by atoms with Gasteiger partial charge < -0.3 is 5.73 Å². The molecule has 5 heteroatoms. The molecule has 0 radical (unpaired) electrons. The van der Waals surface area contributed by atoms with Crippen LogP contribution in [-0.4, -0.2) is 10.8 Å². The molecule has 2 N–H and O–H groups in total. The number of Topliss-reactive ketones (excluding diaryl/α,β-unsaturated/α-hetero) is 1. The van der Waals surface area contributed by atoms with Gasteiger partial charge >= 0.3 is 0 Å². The van der Waals surface area contributed by atoms with Crippen molar-refractivity contribution in [1.82, 2.24) is 4.98 Å². The zero-order chi connectivity index (χ0) is 10.7. The standard InChI is InChI=1S/C11H10N2OS.BrH/c12-10-4-2-1-3-9(10)11(14)5-8-6-15-7-13-8;/h1-4,6-7H,5,12H2;1H. The molecule has 2 aromatic rings. The number of para-hydroxylation sites is 1. The van der Waals surface area contributed by atoms with E-state index in [0.29, 0.717) is 17.7 Å². The zero-order valence-corrected chi connectivity index (χ0v) is 11.0. The lowest BCUT2D eigenvalue weighted by Crippen LogP contribution is -2.06. The van der Waals surface area contributed by atoms with E-state index in [2.05, 4.69) is 4.98 Å². The highest BCUT2D eigenvalue weighted by Crippen LogP contribution is 2.14. The molecule has 0 aliphatic rings. The molecule has 0 aliphatic carbocycles. The highest BCUT2D eigenvalue weighted by molar-refractivity contribution is 8.93. The lowest BCUT2D eigenvalue weighted by Gasteiger charge is -2.02. The number of halogens is 1. The van der Waals surface area contributed by atoms with Crippen molar-refractivity contribution in [3.05, 3.63) is 46.4 Å². The van der Waals surface area contributed by atoms with Crippen molar-refractivity contribution in [3.63, 3.8) is 0 Å². The number of carbonyl (C=O) groups excluding carboxylic acids is 1. The Balaban J connectivity index is 0.00000128. The van der Waals surface area contributed by atoms with Crippen molar-refractivity contribution in [2.75, 3.05) is 5.73 Å². The lowest BCUT2D eigenvalue weighted by molar-refractivity contribution is 0.0993. The van der Waals surface area contributed by atoms with Crippen LogP contribution < -0.4 is 5.73 Å². The summed E-state index contributed by atoms with van der Waals surface area (Å²) in [6.07, 6.45) is 0.317. The monoisotopic (exact) mass is 298 g/mol. The summed E-state index contributed by atoms with van der Waals surface area (Å²) in [5.41, 5.74) is 9.33. The van der Waals surface area contributed by atoms with E-state index in [4.69, 9.17) is 5.73 Å². The topological polar surface area (TPSA) is 56.0 Å². The number of anilines is 1. The number of nitrogens with zero attached hydrogens (tertiary/aromatic N) is 1. The number of thiazole rings is 1. The van der Waals surface area contributed by atoms with E-state index >= 15 is 0 Å². The molecule has 1 heterocycles. The molecule has 2 rings (SSSR count). The van der Waals surface area contributed by atoms with Gasteiger partial charge in [0.1, 0.15) is 0 Å². The minimum absolute atomic E-state index is 0. The average molecular weight is 299 g/mol. The van der Waals surface area contributed by atoms with Gasteiger partial charge in [0.2, 0.25) is 0 Å². The highest BCUT2D eigenvalue weighted by atomic mass is 79.9. The Labute approximate surface area is 108 Å². The Morgan fingerprint density at radius 2 is 2.12 bits per heavy atom. The predicted molar refractivity (Wildman–Crippen MR) is 71.3 cm³/mol. The van der Waals surface area contributed by atoms with E-state index < -0.39 is 0 Å². The van der Waals surface area contributed by atoms with Crippen LogP contribution in [0.3, 0.4) is 0 Å². The van der Waals surface area contributed by atoms with Crippen LogP contribution in [0.5, 0.6) is 0 Å². The van der Waals surface area contributed by atoms with Gasteiger partial charge in [0.05, 0.1) is 17.6 Å². The second kappa shape index (κ2) is 5.77. The molecule has 0 fully saturated rings. The van der Waals surface area contributed by atoms with Crippen LogP contribution in [0.1, 0.15) is 16.1 Å². The van der Waals surface area contributed by atoms with Crippen molar-refractivity contribution in [2.45, 2.75) is 6.42 Å². The summed E-state index contributed by atoms with van der Waals surface area (Å²) in [7, 11) is 0. The Morgan fingerprint density at radius 3 is 2.75 bits per heavy atom. The van der Waals surface area contributed by atoms with Crippen molar-refractivity contribution in [2.24, 2.45) is 0 Å². The van der Waals surface area contributed by atoms with E-state index in [1.807, 2.05) is 17.5 Å². The van der Waals surface area contributed by atoms with Crippen LogP contribution in [0.25, 0.3) is 0 Å². The maximum absolute atomic E-state index is 11.8. The molecule has 0 unspecified atom stereocenters. The largest absolute Gasteiger partial charge is 0.398 e. The minimum atomic E-state index is 0. The number of ketones is 1. The van der Waals surface area contributed by atoms with E-state index in [-0.39, 0.29) is 22.8 Å². The number of benzene rings is 1. The molecule has 1 aromatic heterocycles. The van der Waals surface area contributed by atoms with Crippen molar-refractivity contribution in [3.8, 4) is 0 Å². The van der Waals surface area contributed by atoms with Gasteiger partial charge in [-0.15, -0.1) is 28.3 Å². The number of aromatic nitrogens is 1. The van der Waals surface area contributed by atoms with Crippen LogP contribution in [0, 0.1) is 0 Å². The van der Waals surface area contributed by atoms with Gasteiger partial charge in [-0.3, -0.25) is 4.79 Å². The SMILES string of the molecule is Br.Nc1ccccc1C(=O)Cc1cscn1. The van der Waals surface area contributed by atoms with Crippen LogP contribution in [0.4, 0.5) is 5.69 Å². The van der Waals surface area contributed by atoms with Crippen molar-refractivity contribution < 1.29 is 4.79 Å². The molecule has 0 saturated carbocycles. The summed E-state index contributed by atoms with van der Waals surface area (Å²) in [4.78, 5) is 15.9. The maximum Gasteiger partial charge on any atom is 0.170 e. The molecule has 0 spiro atoms. The quantitative estimate of drug-likeness (QED) is 0.700. The molecule has 0 atom stereocenters. The smallest absolute Gasteiger partial charge is 0.170 e. The number of carbonyl (C=O) groups is 1. The molecule has 0 saturated heterocycles. The third-order valence-electron chi connectivity index (χ3n) is 2.09. The third kappa shape index (κ3) is 2.90. The summed E-state index contributed by atoms with van der Waals surface area (Å²) in [6.45, 7) is 0. The van der Waals surface area contributed by atoms with Crippen molar-refractivity contribution >= 4 is 39.8 Å². The first-order valence-corrected chi connectivity index (χ1v) is 5.46. The predicted octanol–water partition coefficient (Wildman–Crippen LogP) is 2.73. The number of rotatable bonds is 3. The van der Waals surface area contributed by atoms with Gasteiger partial charge in [-0.1, -0.05) is 12.1 Å². The minimum Gasteiger partial charge on any atom is -0.398 e. The van der Waals surface area contributed by atoms with Crippen LogP contribution in [-0.2, 0) is 6.42 Å². The van der Waals surface area contributed by atoms with Crippen LogP contribution >= 0.6 is 28.3 Å². The zero-order valence-electron chi connectivity index (χ0n) is 8.42. The molecule has 0 bridgehead atoms. The molecule has 3 nitrogen and oxygen atoms in total. The number of hydrogen-bond acceptors (Lipinski definition) is 4. The Hall–Kier alpha value is -1.20. The first kappa shape index (κ1) is 12.9. The third-order valence-corrected chi connectivity index (χ3v) is 2.72. The second-order valence-corrected chi connectivity index (χ2v) is 3.89. The molecular weight excluding hydrogens is 288 g/mol. The Bertz CT molecular complexity index is 471. The Kier molecular flexibility index (Phi) is 4.64. The summed E-state index contributed by atoms with van der Waals surface area (Å²) in [5.74, 6) is 0.0130. The lowest BCUT2D eigenvalue weighted by atomic mass is 10.1. The van der Waals surface area contributed by atoms with Gasteiger partial charge in [-0.2, -0.15) is 0 Å². The van der Waals surface area contributed by atoms with Gasteiger partial charge in [0.15, 0.2) is 5.78 Å². The van der Waals surface area contributed by atoms with Gasteiger partial charge in [-0.05, 0) is 12.1 Å². The van der Waals surface area contributed by atoms with Crippen LogP contribution in [0.2, 0.25) is 0 Å². The van der Waals surface area contributed by atoms with Crippen LogP contribution in [0.15, 0.2) is 35.2 Å². The second-order valence-electron chi connectivity index (χ2n) is 3.17.